The molecule has 1 fully saturated rings. The monoisotopic (exact) mass is 317 g/mol. The van der Waals surface area contributed by atoms with Gasteiger partial charge in [0.2, 0.25) is 0 Å². The van der Waals surface area contributed by atoms with Gasteiger partial charge in [0.15, 0.2) is 0 Å². The number of piperidine rings is 1. The van der Waals surface area contributed by atoms with Crippen LogP contribution in [0.2, 0.25) is 0 Å². The van der Waals surface area contributed by atoms with Crippen molar-refractivity contribution in [2.24, 2.45) is 0 Å². The Morgan fingerprint density at radius 2 is 1.86 bits per heavy atom. The molecule has 2 heterocycles. The zero-order valence-electron chi connectivity index (χ0n) is 13.5. The van der Waals surface area contributed by atoms with E-state index in [1.165, 1.54) is 18.4 Å². The van der Waals surface area contributed by atoms with Gasteiger partial charge < -0.3 is 4.74 Å². The van der Waals surface area contributed by atoms with Crippen LogP contribution in [0.4, 0.5) is 0 Å². The first kappa shape index (κ1) is 15.4. The molecule has 0 saturated carbocycles. The summed E-state index contributed by atoms with van der Waals surface area (Å²) in [4.78, 5) is 2.53. The van der Waals surface area contributed by atoms with Gasteiger partial charge in [-0.25, -0.2) is 0 Å². The number of benzene rings is 1. The Morgan fingerprint density at radius 1 is 1.18 bits per heavy atom. The lowest BCUT2D eigenvalue weighted by molar-refractivity contribution is 0.161. The van der Waals surface area contributed by atoms with Crippen molar-refractivity contribution in [1.29, 1.82) is 0 Å². The lowest BCUT2D eigenvalue weighted by atomic mass is 9.89. The zero-order valence-corrected chi connectivity index (χ0v) is 14.3. The van der Waals surface area contributed by atoms with E-state index in [1.54, 1.807) is 18.4 Å². The van der Waals surface area contributed by atoms with E-state index in [0.29, 0.717) is 12.0 Å². The van der Waals surface area contributed by atoms with E-state index in [2.05, 4.69) is 46.3 Å². The van der Waals surface area contributed by atoms with E-state index in [9.17, 15) is 0 Å². The van der Waals surface area contributed by atoms with Gasteiger partial charge in [0.25, 0.3) is 0 Å². The number of aromatic nitrogens is 2. The van der Waals surface area contributed by atoms with Crippen LogP contribution < -0.4 is 4.74 Å². The molecule has 22 heavy (non-hydrogen) atoms. The summed E-state index contributed by atoms with van der Waals surface area (Å²) in [6.07, 6.45) is 2.41. The summed E-state index contributed by atoms with van der Waals surface area (Å²) in [5.74, 6) is 1.59. The third-order valence-corrected chi connectivity index (χ3v) is 5.57. The molecular weight excluding hydrogens is 294 g/mol. The molecule has 1 aromatic carbocycles. The number of hydrogen-bond donors (Lipinski definition) is 0. The molecule has 1 saturated heterocycles. The van der Waals surface area contributed by atoms with Crippen LogP contribution in [0.5, 0.6) is 5.75 Å². The highest BCUT2D eigenvalue weighted by atomic mass is 32.1. The van der Waals surface area contributed by atoms with E-state index in [0.717, 1.165) is 28.9 Å². The summed E-state index contributed by atoms with van der Waals surface area (Å²) in [6.45, 7) is 6.50. The van der Waals surface area contributed by atoms with Gasteiger partial charge in [-0.1, -0.05) is 12.1 Å². The highest BCUT2D eigenvalue weighted by molar-refractivity contribution is 7.11. The average Bonchev–Trinajstić information content (AvgIpc) is 3.01. The first-order chi connectivity index (χ1) is 10.7. The SMILES string of the molecule is COc1ccc(C2CCN([C@H](C)c3nnc(C)s3)CC2)cc1. The second-order valence-electron chi connectivity index (χ2n) is 5.92. The molecule has 0 radical (unpaired) electrons. The number of rotatable bonds is 4. The van der Waals surface area contributed by atoms with Gasteiger partial charge in [-0.05, 0) is 63.4 Å². The van der Waals surface area contributed by atoms with Crippen LogP contribution in [0, 0.1) is 6.92 Å². The quantitative estimate of drug-likeness (QED) is 0.860. The molecule has 3 rings (SSSR count). The van der Waals surface area contributed by atoms with Crippen molar-refractivity contribution in [2.45, 2.75) is 38.6 Å². The van der Waals surface area contributed by atoms with Crippen LogP contribution >= 0.6 is 11.3 Å². The summed E-state index contributed by atoms with van der Waals surface area (Å²) >= 11 is 1.71. The maximum atomic E-state index is 5.24. The summed E-state index contributed by atoms with van der Waals surface area (Å²) in [6, 6.07) is 8.92. The fourth-order valence-corrected chi connectivity index (χ4v) is 3.92. The van der Waals surface area contributed by atoms with Crippen molar-refractivity contribution in [3.05, 3.63) is 39.8 Å². The van der Waals surface area contributed by atoms with Gasteiger partial charge in [-0.2, -0.15) is 0 Å². The smallest absolute Gasteiger partial charge is 0.134 e. The van der Waals surface area contributed by atoms with Gasteiger partial charge in [0.1, 0.15) is 15.8 Å². The fourth-order valence-electron chi connectivity index (χ4n) is 3.13. The molecule has 0 amide bonds. The normalized spacial score (nSPS) is 18.3. The van der Waals surface area contributed by atoms with Gasteiger partial charge >= 0.3 is 0 Å². The van der Waals surface area contributed by atoms with Crippen molar-refractivity contribution >= 4 is 11.3 Å². The van der Waals surface area contributed by atoms with Gasteiger partial charge in [0.05, 0.1) is 13.2 Å². The fraction of sp³-hybridized carbons (Fsp3) is 0.529. The minimum Gasteiger partial charge on any atom is -0.497 e. The summed E-state index contributed by atoms with van der Waals surface area (Å²) in [5, 5.41) is 10.6. The van der Waals surface area contributed by atoms with Crippen molar-refractivity contribution < 1.29 is 4.74 Å². The molecule has 0 spiro atoms. The number of aryl methyl sites for hydroxylation is 1. The molecule has 118 valence electrons. The van der Waals surface area contributed by atoms with Gasteiger partial charge in [-0.15, -0.1) is 21.5 Å². The van der Waals surface area contributed by atoms with Crippen LogP contribution in [-0.2, 0) is 0 Å². The van der Waals surface area contributed by atoms with Crippen molar-refractivity contribution in [2.75, 3.05) is 20.2 Å². The molecule has 5 heteroatoms. The van der Waals surface area contributed by atoms with Gasteiger partial charge in [0, 0.05) is 0 Å². The van der Waals surface area contributed by atoms with E-state index in [1.807, 2.05) is 6.92 Å². The predicted molar refractivity (Wildman–Crippen MR) is 89.6 cm³/mol. The second-order valence-corrected chi connectivity index (χ2v) is 7.13. The summed E-state index contributed by atoms with van der Waals surface area (Å²) < 4.78 is 5.24. The molecule has 0 N–H and O–H groups in total. The Balaban J connectivity index is 1.59. The van der Waals surface area contributed by atoms with Crippen molar-refractivity contribution in [3.8, 4) is 5.75 Å². The number of ether oxygens (including phenoxy) is 1. The van der Waals surface area contributed by atoms with E-state index in [4.69, 9.17) is 4.74 Å². The van der Waals surface area contributed by atoms with Gasteiger partial charge in [-0.3, -0.25) is 4.90 Å². The maximum Gasteiger partial charge on any atom is 0.134 e. The molecule has 0 unspecified atom stereocenters. The van der Waals surface area contributed by atoms with Crippen LogP contribution in [0.3, 0.4) is 0 Å². The lowest BCUT2D eigenvalue weighted by Gasteiger charge is -2.35. The number of nitrogens with zero attached hydrogens (tertiary/aromatic N) is 3. The molecule has 2 aromatic rings. The minimum absolute atomic E-state index is 0.378. The Labute approximate surface area is 136 Å². The summed E-state index contributed by atoms with van der Waals surface area (Å²) in [5.41, 5.74) is 1.43. The standard InChI is InChI=1S/C17H23N3OS/c1-12(17-19-18-13(2)22-17)20-10-8-15(9-11-20)14-4-6-16(21-3)7-5-14/h4-7,12,15H,8-11H2,1-3H3/t12-/m1/s1. The largest absolute Gasteiger partial charge is 0.497 e. The highest BCUT2D eigenvalue weighted by Gasteiger charge is 2.26. The van der Waals surface area contributed by atoms with E-state index < -0.39 is 0 Å². The Hall–Kier alpha value is -1.46. The lowest BCUT2D eigenvalue weighted by Crippen LogP contribution is -2.35. The van der Waals surface area contributed by atoms with Crippen molar-refractivity contribution in [3.63, 3.8) is 0 Å². The van der Waals surface area contributed by atoms with Crippen LogP contribution in [-0.4, -0.2) is 35.3 Å². The minimum atomic E-state index is 0.378. The number of likely N-dealkylation sites (tertiary alicyclic amines) is 1. The average molecular weight is 317 g/mol. The number of hydrogen-bond acceptors (Lipinski definition) is 5. The first-order valence-corrected chi connectivity index (χ1v) is 8.67. The molecule has 1 aliphatic heterocycles. The summed E-state index contributed by atoms with van der Waals surface area (Å²) in [7, 11) is 1.71. The molecule has 1 atom stereocenters. The molecule has 4 nitrogen and oxygen atoms in total. The highest BCUT2D eigenvalue weighted by Crippen LogP contribution is 2.33. The van der Waals surface area contributed by atoms with Crippen LogP contribution in [0.1, 0.15) is 47.3 Å². The number of methoxy groups -OCH3 is 1. The Kier molecular flexibility index (Phi) is 4.74. The maximum absolute atomic E-state index is 5.24. The van der Waals surface area contributed by atoms with Crippen molar-refractivity contribution in [1.82, 2.24) is 15.1 Å². The Morgan fingerprint density at radius 3 is 2.41 bits per heavy atom. The predicted octanol–water partition coefficient (Wildman–Crippen LogP) is 3.80. The third-order valence-electron chi connectivity index (χ3n) is 4.56. The zero-order chi connectivity index (χ0) is 15.5. The van der Waals surface area contributed by atoms with Crippen LogP contribution in [0.15, 0.2) is 24.3 Å². The molecule has 1 aliphatic rings. The molecule has 0 bridgehead atoms. The Bertz CT molecular complexity index is 603. The van der Waals surface area contributed by atoms with E-state index in [-0.39, 0.29) is 0 Å². The molecular formula is C17H23N3OS. The third kappa shape index (κ3) is 3.31. The molecule has 0 aliphatic carbocycles. The first-order valence-electron chi connectivity index (χ1n) is 7.85. The molecule has 1 aromatic heterocycles. The van der Waals surface area contributed by atoms with E-state index >= 15 is 0 Å². The second kappa shape index (κ2) is 6.75. The topological polar surface area (TPSA) is 38.2 Å². The van der Waals surface area contributed by atoms with Crippen LogP contribution in [0.25, 0.3) is 0 Å².